The normalized spacial score (nSPS) is 11.4. The lowest BCUT2D eigenvalue weighted by Crippen LogP contribution is -2.11. The number of phenols is 1. The maximum Gasteiger partial charge on any atom is 0.127 e. The van der Waals surface area contributed by atoms with Crippen molar-refractivity contribution < 1.29 is 9.84 Å². The number of hydrogen-bond donors (Lipinski definition) is 2. The van der Waals surface area contributed by atoms with Gasteiger partial charge in [0.15, 0.2) is 0 Å². The molecule has 0 bridgehead atoms. The quantitative estimate of drug-likeness (QED) is 0.782. The van der Waals surface area contributed by atoms with Gasteiger partial charge in [-0.2, -0.15) is 0 Å². The van der Waals surface area contributed by atoms with Crippen molar-refractivity contribution in [3.05, 3.63) is 36.4 Å². The summed E-state index contributed by atoms with van der Waals surface area (Å²) in [6, 6.07) is 4.92. The van der Waals surface area contributed by atoms with Crippen LogP contribution in [0.4, 0.5) is 0 Å². The van der Waals surface area contributed by atoms with E-state index in [1.54, 1.807) is 25.3 Å². The van der Waals surface area contributed by atoms with E-state index in [4.69, 9.17) is 10.5 Å². The predicted molar refractivity (Wildman–Crippen MR) is 68.3 cm³/mol. The summed E-state index contributed by atoms with van der Waals surface area (Å²) in [7, 11) is 1.57. The van der Waals surface area contributed by atoms with Crippen molar-refractivity contribution in [2.24, 2.45) is 5.73 Å². The van der Waals surface area contributed by atoms with E-state index in [9.17, 15) is 5.11 Å². The molecule has 3 nitrogen and oxygen atoms in total. The maximum atomic E-state index is 9.71. The minimum atomic E-state index is -0.223. The zero-order chi connectivity index (χ0) is 11.3. The van der Waals surface area contributed by atoms with Gasteiger partial charge in [0, 0.05) is 6.04 Å². The summed E-state index contributed by atoms with van der Waals surface area (Å²) < 4.78 is 5.16. The highest BCUT2D eigenvalue weighted by atomic mass is 35.5. The zero-order valence-electron chi connectivity index (χ0n) is 9.35. The molecule has 0 saturated carbocycles. The molecule has 0 radical (unpaired) electrons. The number of halogens is 1. The molecule has 0 aliphatic heterocycles. The minimum absolute atomic E-state index is 0. The molecule has 1 rings (SSSR count). The van der Waals surface area contributed by atoms with Crippen LogP contribution in [0.5, 0.6) is 11.5 Å². The Morgan fingerprint density at radius 3 is 2.81 bits per heavy atom. The molecule has 90 valence electrons. The molecule has 3 N–H and O–H groups in total. The first kappa shape index (κ1) is 14.8. The van der Waals surface area contributed by atoms with Crippen LogP contribution in [0.1, 0.15) is 24.4 Å². The molecule has 0 spiro atoms. The molecule has 4 heteroatoms. The second kappa shape index (κ2) is 7.14. The fourth-order valence-electron chi connectivity index (χ4n) is 1.52. The van der Waals surface area contributed by atoms with Crippen LogP contribution in [0, 0.1) is 0 Å². The molecular weight excluding hydrogens is 226 g/mol. The predicted octanol–water partition coefficient (Wildman–Crippen LogP) is 2.79. The molecule has 1 aromatic carbocycles. The van der Waals surface area contributed by atoms with Crippen molar-refractivity contribution in [1.82, 2.24) is 0 Å². The van der Waals surface area contributed by atoms with Gasteiger partial charge in [-0.15, -0.1) is 19.0 Å². The Morgan fingerprint density at radius 2 is 2.25 bits per heavy atom. The van der Waals surface area contributed by atoms with Crippen LogP contribution in [-0.4, -0.2) is 12.2 Å². The van der Waals surface area contributed by atoms with Gasteiger partial charge in [-0.05, 0) is 25.0 Å². The largest absolute Gasteiger partial charge is 0.507 e. The highest BCUT2D eigenvalue weighted by Gasteiger charge is 2.15. The summed E-state index contributed by atoms with van der Waals surface area (Å²) in [6.07, 6.45) is 3.38. The summed E-state index contributed by atoms with van der Waals surface area (Å²) in [5.41, 5.74) is 6.64. The van der Waals surface area contributed by atoms with Crippen LogP contribution in [0.2, 0.25) is 0 Å². The smallest absolute Gasteiger partial charge is 0.127 e. The van der Waals surface area contributed by atoms with E-state index in [1.165, 1.54) is 0 Å². The van der Waals surface area contributed by atoms with E-state index in [0.717, 1.165) is 12.8 Å². The molecule has 16 heavy (non-hydrogen) atoms. The van der Waals surface area contributed by atoms with E-state index >= 15 is 0 Å². The fraction of sp³-hybridized carbons (Fsp3) is 0.333. The standard InChI is InChI=1S/C12H17NO2.ClH/c1-3-4-6-9(13)12-10(14)7-5-8-11(12)15-2;/h3,5,7-9,14H,1,4,6,13H2,2H3;1H/t9-;/m1./s1. The van der Waals surface area contributed by atoms with Crippen molar-refractivity contribution in [2.75, 3.05) is 7.11 Å². The Bertz CT molecular complexity index is 342. The molecule has 0 aliphatic rings. The van der Waals surface area contributed by atoms with Gasteiger partial charge in [-0.25, -0.2) is 0 Å². The van der Waals surface area contributed by atoms with Gasteiger partial charge in [-0.1, -0.05) is 12.1 Å². The van der Waals surface area contributed by atoms with Crippen LogP contribution in [0.3, 0.4) is 0 Å². The number of methoxy groups -OCH3 is 1. The summed E-state index contributed by atoms with van der Waals surface area (Å²) in [4.78, 5) is 0. The number of allylic oxidation sites excluding steroid dienone is 1. The van der Waals surface area contributed by atoms with Crippen LogP contribution in [0.25, 0.3) is 0 Å². The second-order valence-corrected chi connectivity index (χ2v) is 3.37. The van der Waals surface area contributed by atoms with Gasteiger partial charge in [0.2, 0.25) is 0 Å². The topological polar surface area (TPSA) is 55.5 Å². The first-order chi connectivity index (χ1) is 7.20. The van der Waals surface area contributed by atoms with E-state index in [0.29, 0.717) is 11.3 Å². The van der Waals surface area contributed by atoms with E-state index < -0.39 is 0 Å². The first-order valence-corrected chi connectivity index (χ1v) is 4.93. The molecule has 0 fully saturated rings. The van der Waals surface area contributed by atoms with Crippen LogP contribution < -0.4 is 10.5 Å². The van der Waals surface area contributed by atoms with Crippen LogP contribution >= 0.6 is 12.4 Å². The SMILES string of the molecule is C=CCC[C@@H](N)c1c(O)cccc1OC.Cl. The van der Waals surface area contributed by atoms with Gasteiger partial charge >= 0.3 is 0 Å². The number of benzene rings is 1. The van der Waals surface area contributed by atoms with Crippen molar-refractivity contribution >= 4 is 12.4 Å². The van der Waals surface area contributed by atoms with Crippen LogP contribution in [0.15, 0.2) is 30.9 Å². The number of hydrogen-bond acceptors (Lipinski definition) is 3. The van der Waals surface area contributed by atoms with Crippen LogP contribution in [-0.2, 0) is 0 Å². The molecule has 0 aliphatic carbocycles. The van der Waals surface area contributed by atoms with Crippen molar-refractivity contribution in [3.8, 4) is 11.5 Å². The number of nitrogens with two attached hydrogens (primary N) is 1. The molecule has 0 heterocycles. The van der Waals surface area contributed by atoms with Gasteiger partial charge in [0.05, 0.1) is 12.7 Å². The van der Waals surface area contributed by atoms with E-state index in [-0.39, 0.29) is 24.2 Å². The number of aromatic hydroxyl groups is 1. The summed E-state index contributed by atoms with van der Waals surface area (Å²) in [5, 5.41) is 9.71. The van der Waals surface area contributed by atoms with E-state index in [2.05, 4.69) is 6.58 Å². The Morgan fingerprint density at radius 1 is 1.56 bits per heavy atom. The van der Waals surface area contributed by atoms with Gasteiger partial charge < -0.3 is 15.6 Å². The number of phenolic OH excluding ortho intramolecular Hbond substituents is 1. The minimum Gasteiger partial charge on any atom is -0.507 e. The second-order valence-electron chi connectivity index (χ2n) is 3.37. The Balaban J connectivity index is 0.00000225. The zero-order valence-corrected chi connectivity index (χ0v) is 10.2. The lowest BCUT2D eigenvalue weighted by Gasteiger charge is -2.16. The summed E-state index contributed by atoms with van der Waals surface area (Å²) in [6.45, 7) is 3.64. The Kier molecular flexibility index (Phi) is 6.61. The average Bonchev–Trinajstić information content (AvgIpc) is 2.25. The van der Waals surface area contributed by atoms with E-state index in [1.807, 2.05) is 6.08 Å². The first-order valence-electron chi connectivity index (χ1n) is 4.93. The third-order valence-electron chi connectivity index (χ3n) is 2.32. The maximum absolute atomic E-state index is 9.71. The fourth-order valence-corrected chi connectivity index (χ4v) is 1.52. The van der Waals surface area contributed by atoms with Crippen molar-refractivity contribution in [3.63, 3.8) is 0 Å². The van der Waals surface area contributed by atoms with Gasteiger partial charge in [0.1, 0.15) is 11.5 Å². The highest BCUT2D eigenvalue weighted by molar-refractivity contribution is 5.85. The Labute approximate surface area is 102 Å². The molecule has 1 atom stereocenters. The van der Waals surface area contributed by atoms with Gasteiger partial charge in [0.25, 0.3) is 0 Å². The molecule has 0 unspecified atom stereocenters. The molecular formula is C12H18ClNO2. The average molecular weight is 244 g/mol. The van der Waals surface area contributed by atoms with Gasteiger partial charge in [-0.3, -0.25) is 0 Å². The highest BCUT2D eigenvalue weighted by Crippen LogP contribution is 2.33. The number of ether oxygens (including phenoxy) is 1. The summed E-state index contributed by atoms with van der Waals surface area (Å²) in [5.74, 6) is 0.817. The number of rotatable bonds is 5. The van der Waals surface area contributed by atoms with Crippen molar-refractivity contribution in [2.45, 2.75) is 18.9 Å². The molecule has 1 aromatic rings. The molecule has 0 saturated heterocycles. The summed E-state index contributed by atoms with van der Waals surface area (Å²) >= 11 is 0. The third kappa shape index (κ3) is 3.43. The molecule has 0 amide bonds. The monoisotopic (exact) mass is 243 g/mol. The lowest BCUT2D eigenvalue weighted by molar-refractivity contribution is 0.391. The lowest BCUT2D eigenvalue weighted by atomic mass is 10.0. The van der Waals surface area contributed by atoms with Crippen molar-refractivity contribution in [1.29, 1.82) is 0 Å². The molecule has 0 aromatic heterocycles. The third-order valence-corrected chi connectivity index (χ3v) is 2.32. The Hall–Kier alpha value is -1.19.